The van der Waals surface area contributed by atoms with E-state index in [0.29, 0.717) is 17.6 Å². The quantitative estimate of drug-likeness (QED) is 0.822. The zero-order chi connectivity index (χ0) is 12.8. The van der Waals surface area contributed by atoms with Gasteiger partial charge in [-0.3, -0.25) is 0 Å². The Bertz CT molecular complexity index is 355. The van der Waals surface area contributed by atoms with Crippen LogP contribution in [0.2, 0.25) is 5.02 Å². The average Bonchev–Trinajstić information content (AvgIpc) is 2.30. The summed E-state index contributed by atoms with van der Waals surface area (Å²) in [6.45, 7) is 5.76. The van der Waals surface area contributed by atoms with Crippen LogP contribution in [0.1, 0.15) is 25.8 Å². The predicted octanol–water partition coefficient (Wildman–Crippen LogP) is 2.40. The van der Waals surface area contributed by atoms with E-state index in [1.54, 1.807) is 0 Å². The van der Waals surface area contributed by atoms with Crippen LogP contribution < -0.4 is 10.6 Å². The number of hydrogen-bond donors (Lipinski definition) is 2. The topological polar surface area (TPSA) is 49.5 Å². The number of aliphatic hydroxyl groups excluding tert-OH is 1. The monoisotopic (exact) mass is 256 g/mol. The van der Waals surface area contributed by atoms with Crippen LogP contribution in [-0.4, -0.2) is 24.3 Å². The molecule has 3 nitrogen and oxygen atoms in total. The zero-order valence-electron chi connectivity index (χ0n) is 10.5. The van der Waals surface area contributed by atoms with Crippen molar-refractivity contribution in [2.75, 3.05) is 18.1 Å². The molecule has 3 N–H and O–H groups in total. The second kappa shape index (κ2) is 6.84. The predicted molar refractivity (Wildman–Crippen MR) is 73.5 cm³/mol. The second-order valence-electron chi connectivity index (χ2n) is 4.34. The van der Waals surface area contributed by atoms with E-state index in [1.807, 2.05) is 18.2 Å². The van der Waals surface area contributed by atoms with Gasteiger partial charge in [0.05, 0.1) is 0 Å². The lowest BCUT2D eigenvalue weighted by atomic mass is 10.1. The van der Waals surface area contributed by atoms with Crippen LogP contribution in [0.25, 0.3) is 0 Å². The van der Waals surface area contributed by atoms with E-state index in [-0.39, 0.29) is 6.61 Å². The standard InChI is InChI=1S/C13H21ClN2O/c1-10(2)16(6-3-7-17)13-5-4-12(14)8-11(13)9-15/h4-5,8,10,17H,3,6-7,9,15H2,1-2H3. The third-order valence-corrected chi connectivity index (χ3v) is 2.99. The van der Waals surface area contributed by atoms with Crippen molar-refractivity contribution < 1.29 is 5.11 Å². The molecule has 1 aromatic carbocycles. The summed E-state index contributed by atoms with van der Waals surface area (Å²) in [5.41, 5.74) is 7.91. The molecule has 0 unspecified atom stereocenters. The molecule has 0 fully saturated rings. The SMILES string of the molecule is CC(C)N(CCCO)c1ccc(Cl)cc1CN. The van der Waals surface area contributed by atoms with Gasteiger partial charge in [-0.1, -0.05) is 11.6 Å². The molecule has 4 heteroatoms. The van der Waals surface area contributed by atoms with Crippen LogP contribution in [0.3, 0.4) is 0 Å². The summed E-state index contributed by atoms with van der Waals surface area (Å²) in [6.07, 6.45) is 0.755. The number of anilines is 1. The first kappa shape index (κ1) is 14.3. The van der Waals surface area contributed by atoms with Crippen LogP contribution in [0, 0.1) is 0 Å². The molecule has 0 aliphatic rings. The number of rotatable bonds is 6. The lowest BCUT2D eigenvalue weighted by Gasteiger charge is -2.30. The van der Waals surface area contributed by atoms with Crippen LogP contribution in [0.15, 0.2) is 18.2 Å². The third-order valence-electron chi connectivity index (χ3n) is 2.75. The molecule has 0 radical (unpaired) electrons. The summed E-state index contributed by atoms with van der Waals surface area (Å²) in [5.74, 6) is 0. The van der Waals surface area contributed by atoms with Gasteiger partial charge in [0.25, 0.3) is 0 Å². The van der Waals surface area contributed by atoms with E-state index in [9.17, 15) is 0 Å². The van der Waals surface area contributed by atoms with Crippen molar-refractivity contribution in [1.29, 1.82) is 0 Å². The van der Waals surface area contributed by atoms with Crippen molar-refractivity contribution in [3.05, 3.63) is 28.8 Å². The number of benzene rings is 1. The van der Waals surface area contributed by atoms with Crippen molar-refractivity contribution in [3.63, 3.8) is 0 Å². The molecule has 0 bridgehead atoms. The van der Waals surface area contributed by atoms with Gasteiger partial charge in [-0.15, -0.1) is 0 Å². The van der Waals surface area contributed by atoms with Gasteiger partial charge < -0.3 is 15.7 Å². The molecule has 0 saturated heterocycles. The van der Waals surface area contributed by atoms with E-state index in [1.165, 1.54) is 0 Å². The van der Waals surface area contributed by atoms with E-state index in [0.717, 1.165) is 24.2 Å². The fourth-order valence-electron chi connectivity index (χ4n) is 1.90. The highest BCUT2D eigenvalue weighted by Crippen LogP contribution is 2.25. The minimum atomic E-state index is 0.203. The molecule has 0 aliphatic carbocycles. The maximum absolute atomic E-state index is 8.94. The number of aliphatic hydroxyl groups is 1. The minimum Gasteiger partial charge on any atom is -0.396 e. The fourth-order valence-corrected chi connectivity index (χ4v) is 2.09. The molecule has 0 amide bonds. The Kier molecular flexibility index (Phi) is 5.75. The molecule has 96 valence electrons. The van der Waals surface area contributed by atoms with Gasteiger partial charge in [0.2, 0.25) is 0 Å². The van der Waals surface area contributed by atoms with Crippen LogP contribution in [0.5, 0.6) is 0 Å². The van der Waals surface area contributed by atoms with E-state index in [4.69, 9.17) is 22.4 Å². The van der Waals surface area contributed by atoms with Crippen LogP contribution in [-0.2, 0) is 6.54 Å². The molecule has 1 rings (SSSR count). The Labute approximate surface area is 108 Å². The highest BCUT2D eigenvalue weighted by atomic mass is 35.5. The minimum absolute atomic E-state index is 0.203. The van der Waals surface area contributed by atoms with Gasteiger partial charge >= 0.3 is 0 Å². The highest BCUT2D eigenvalue weighted by Gasteiger charge is 2.13. The van der Waals surface area contributed by atoms with Crippen LogP contribution >= 0.6 is 11.6 Å². The van der Waals surface area contributed by atoms with Crippen molar-refractivity contribution in [2.45, 2.75) is 32.9 Å². The first-order valence-electron chi connectivity index (χ1n) is 5.96. The zero-order valence-corrected chi connectivity index (χ0v) is 11.2. The van der Waals surface area contributed by atoms with Crippen molar-refractivity contribution in [2.24, 2.45) is 5.73 Å². The Morgan fingerprint density at radius 1 is 1.41 bits per heavy atom. The number of nitrogens with zero attached hydrogens (tertiary/aromatic N) is 1. The Balaban J connectivity index is 3.00. The van der Waals surface area contributed by atoms with Crippen LogP contribution in [0.4, 0.5) is 5.69 Å². The summed E-state index contributed by atoms with van der Waals surface area (Å²) in [7, 11) is 0. The average molecular weight is 257 g/mol. The van der Waals surface area contributed by atoms with Gasteiger partial charge in [0.1, 0.15) is 0 Å². The molecule has 0 heterocycles. The summed E-state index contributed by atoms with van der Waals surface area (Å²) in [4.78, 5) is 2.24. The fraction of sp³-hybridized carbons (Fsp3) is 0.538. The highest BCUT2D eigenvalue weighted by molar-refractivity contribution is 6.30. The molecule has 17 heavy (non-hydrogen) atoms. The Hall–Kier alpha value is -0.770. The van der Waals surface area contributed by atoms with Gasteiger partial charge in [-0.2, -0.15) is 0 Å². The normalized spacial score (nSPS) is 10.9. The Morgan fingerprint density at radius 3 is 2.65 bits per heavy atom. The summed E-state index contributed by atoms with van der Waals surface area (Å²) in [6, 6.07) is 6.16. The summed E-state index contributed by atoms with van der Waals surface area (Å²) >= 11 is 5.97. The second-order valence-corrected chi connectivity index (χ2v) is 4.78. The van der Waals surface area contributed by atoms with Gasteiger partial charge in [0.15, 0.2) is 0 Å². The van der Waals surface area contributed by atoms with E-state index < -0.39 is 0 Å². The summed E-state index contributed by atoms with van der Waals surface area (Å²) in [5, 5.41) is 9.65. The first-order chi connectivity index (χ1) is 8.10. The smallest absolute Gasteiger partial charge is 0.0447 e. The molecule has 0 saturated carbocycles. The van der Waals surface area contributed by atoms with Gasteiger partial charge in [-0.05, 0) is 44.0 Å². The molecule has 1 aromatic rings. The molecule has 0 atom stereocenters. The molecule has 0 aliphatic heterocycles. The number of nitrogens with two attached hydrogens (primary N) is 1. The van der Waals surface area contributed by atoms with Gasteiger partial charge in [-0.25, -0.2) is 0 Å². The third kappa shape index (κ3) is 3.87. The van der Waals surface area contributed by atoms with E-state index in [2.05, 4.69) is 18.7 Å². The first-order valence-corrected chi connectivity index (χ1v) is 6.34. The molecular weight excluding hydrogens is 236 g/mol. The number of hydrogen-bond acceptors (Lipinski definition) is 3. The number of halogens is 1. The largest absolute Gasteiger partial charge is 0.396 e. The molecule has 0 spiro atoms. The lowest BCUT2D eigenvalue weighted by Crippen LogP contribution is -2.33. The molecular formula is C13H21ClN2O. The Morgan fingerprint density at radius 2 is 2.12 bits per heavy atom. The van der Waals surface area contributed by atoms with Gasteiger partial charge in [0, 0.05) is 36.4 Å². The van der Waals surface area contributed by atoms with Crippen molar-refractivity contribution in [1.82, 2.24) is 0 Å². The van der Waals surface area contributed by atoms with Crippen molar-refractivity contribution >= 4 is 17.3 Å². The van der Waals surface area contributed by atoms with E-state index >= 15 is 0 Å². The van der Waals surface area contributed by atoms with Crippen molar-refractivity contribution in [3.8, 4) is 0 Å². The maximum atomic E-state index is 8.94. The lowest BCUT2D eigenvalue weighted by molar-refractivity contribution is 0.288. The summed E-state index contributed by atoms with van der Waals surface area (Å²) < 4.78 is 0. The molecule has 0 aromatic heterocycles. The maximum Gasteiger partial charge on any atom is 0.0447 e.